The second-order valence-corrected chi connectivity index (χ2v) is 10.5. The van der Waals surface area contributed by atoms with E-state index in [0.717, 1.165) is 92.6 Å². The minimum Gasteiger partial charge on any atom is -0.471 e. The number of hydrogen-bond acceptors (Lipinski definition) is 10. The molecule has 2 atom stereocenters. The van der Waals surface area contributed by atoms with Gasteiger partial charge in [0.05, 0.1) is 50.6 Å². The van der Waals surface area contributed by atoms with Crippen molar-refractivity contribution in [3.05, 3.63) is 58.3 Å². The molecule has 2 aromatic rings. The van der Waals surface area contributed by atoms with Crippen LogP contribution in [0, 0.1) is 0 Å². The topological polar surface area (TPSA) is 107 Å². The highest BCUT2D eigenvalue weighted by atomic mass is 79.9. The summed E-state index contributed by atoms with van der Waals surface area (Å²) in [7, 11) is 1.53. The van der Waals surface area contributed by atoms with Gasteiger partial charge in [-0.25, -0.2) is 9.66 Å². The minimum absolute atomic E-state index is 0.128. The molecular weight excluding hydrogens is 585 g/mol. The molecule has 0 radical (unpaired) electrons. The Morgan fingerprint density at radius 2 is 1.90 bits per heavy atom. The van der Waals surface area contributed by atoms with E-state index in [2.05, 4.69) is 48.6 Å². The van der Waals surface area contributed by atoms with Gasteiger partial charge in [0.15, 0.2) is 8.96 Å². The first-order valence-corrected chi connectivity index (χ1v) is 14.7. The van der Waals surface area contributed by atoms with Crippen LogP contribution in [-0.4, -0.2) is 93.5 Å². The number of hydrogen-bond donors (Lipinski definition) is 1. The summed E-state index contributed by atoms with van der Waals surface area (Å²) < 4.78 is 23.8. The van der Waals surface area contributed by atoms with Crippen LogP contribution in [0.5, 0.6) is 0 Å². The van der Waals surface area contributed by atoms with Gasteiger partial charge in [-0.3, -0.25) is 14.8 Å². The van der Waals surface area contributed by atoms with Crippen LogP contribution in [0.1, 0.15) is 31.0 Å². The molecule has 0 bridgehead atoms. The molecule has 212 valence electrons. The lowest BCUT2D eigenvalue weighted by Crippen LogP contribution is -2.31. The van der Waals surface area contributed by atoms with Gasteiger partial charge in [-0.15, -0.1) is 0 Å². The van der Waals surface area contributed by atoms with Crippen molar-refractivity contribution in [2.24, 2.45) is 9.98 Å². The predicted octanol–water partition coefficient (Wildman–Crippen LogP) is 4.15. The number of methoxy groups -OCH3 is 1. The molecule has 0 spiro atoms. The lowest BCUT2D eigenvalue weighted by Gasteiger charge is -2.26. The molecule has 2 fully saturated rings. The standard InChI is InChI=1S/C21H24BrN4O2P.C4H9NO.C2H4O2/c1-2-5-19-21(28-29-26-10-12-27-13-11-26)25-17-8-7-15(22)14-16(17)20(24-19)18-6-3-4-9-23-18;1-3-6-4-2-5-1;1-4-2-3/h3-4,6-9,14,19,29H,2,5,10-13H2,1H3;5H,1-4H2;2H,1H3/t19-;;/m0../s1. The molecule has 2 saturated heterocycles. The number of carbonyl (C=O) groups excluding carboxylic acids is 1. The molecule has 1 aromatic heterocycles. The Hall–Kier alpha value is -2.27. The van der Waals surface area contributed by atoms with E-state index < -0.39 is 0 Å². The van der Waals surface area contributed by atoms with Crippen molar-refractivity contribution in [1.29, 1.82) is 0 Å². The van der Waals surface area contributed by atoms with Crippen molar-refractivity contribution in [2.45, 2.75) is 25.8 Å². The summed E-state index contributed by atoms with van der Waals surface area (Å²) in [4.78, 5) is 23.5. The van der Waals surface area contributed by atoms with Gasteiger partial charge in [0.25, 0.3) is 6.47 Å². The summed E-state index contributed by atoms with van der Waals surface area (Å²) in [5, 5.41) is 3.16. The van der Waals surface area contributed by atoms with Gasteiger partial charge in [0.1, 0.15) is 6.04 Å². The van der Waals surface area contributed by atoms with Gasteiger partial charge < -0.3 is 24.1 Å². The monoisotopic (exact) mass is 621 g/mol. The molecule has 0 saturated carbocycles. The number of rotatable bonds is 6. The maximum atomic E-state index is 8.95. The molecule has 10 nitrogen and oxygen atoms in total. The molecule has 0 aliphatic carbocycles. The summed E-state index contributed by atoms with van der Waals surface area (Å²) in [6.07, 6.45) is 3.66. The fourth-order valence-corrected chi connectivity index (χ4v) is 4.94. The molecule has 5 rings (SSSR count). The van der Waals surface area contributed by atoms with Crippen LogP contribution < -0.4 is 5.32 Å². The highest BCUT2D eigenvalue weighted by Gasteiger charge is 2.26. The molecule has 3 aliphatic heterocycles. The van der Waals surface area contributed by atoms with Crippen LogP contribution in [-0.2, 0) is 23.5 Å². The third kappa shape index (κ3) is 10.7. The lowest BCUT2D eigenvalue weighted by molar-refractivity contribution is -0.126. The van der Waals surface area contributed by atoms with E-state index in [-0.39, 0.29) is 15.0 Å². The number of aromatic nitrogens is 1. The molecule has 0 amide bonds. The third-order valence-corrected chi connectivity index (χ3v) is 7.22. The van der Waals surface area contributed by atoms with Gasteiger partial charge in [-0.1, -0.05) is 35.3 Å². The summed E-state index contributed by atoms with van der Waals surface area (Å²) >= 11 is 3.59. The number of ether oxygens (including phenoxy) is 3. The first-order valence-electron chi connectivity index (χ1n) is 13.0. The predicted molar refractivity (Wildman–Crippen MR) is 158 cm³/mol. The van der Waals surface area contributed by atoms with Crippen LogP contribution in [0.3, 0.4) is 0 Å². The van der Waals surface area contributed by atoms with E-state index in [4.69, 9.17) is 28.8 Å². The van der Waals surface area contributed by atoms with E-state index in [0.29, 0.717) is 12.4 Å². The molecule has 1 N–H and O–H groups in total. The highest BCUT2D eigenvalue weighted by Crippen LogP contribution is 2.32. The number of nitrogens with one attached hydrogen (secondary N) is 1. The fraction of sp³-hybridized carbons (Fsp3) is 0.481. The molecule has 1 aromatic carbocycles. The smallest absolute Gasteiger partial charge is 0.292 e. The van der Waals surface area contributed by atoms with Crippen LogP contribution in [0.2, 0.25) is 0 Å². The molecule has 39 heavy (non-hydrogen) atoms. The summed E-state index contributed by atoms with van der Waals surface area (Å²) in [6, 6.07) is 11.8. The maximum absolute atomic E-state index is 8.95. The number of nitrogens with zero attached hydrogens (tertiary/aromatic N) is 4. The summed E-state index contributed by atoms with van der Waals surface area (Å²) in [5.74, 6) is 0.686. The fourth-order valence-electron chi connectivity index (χ4n) is 3.81. The van der Waals surface area contributed by atoms with Crippen LogP contribution >= 0.6 is 24.9 Å². The number of halogens is 1. The van der Waals surface area contributed by atoms with Crippen molar-refractivity contribution in [1.82, 2.24) is 15.0 Å². The average molecular weight is 623 g/mol. The number of carbonyl (C=O) groups is 1. The zero-order valence-electron chi connectivity index (χ0n) is 22.5. The van der Waals surface area contributed by atoms with Crippen molar-refractivity contribution in [2.75, 3.05) is 59.7 Å². The van der Waals surface area contributed by atoms with Gasteiger partial charge in [-0.2, -0.15) is 0 Å². The normalized spacial score (nSPS) is 19.2. The van der Waals surface area contributed by atoms with Gasteiger partial charge in [0.2, 0.25) is 5.90 Å². The van der Waals surface area contributed by atoms with E-state index in [9.17, 15) is 0 Å². The van der Waals surface area contributed by atoms with Crippen LogP contribution in [0.25, 0.3) is 0 Å². The van der Waals surface area contributed by atoms with E-state index in [1.807, 2.05) is 30.3 Å². The zero-order valence-corrected chi connectivity index (χ0v) is 25.1. The lowest BCUT2D eigenvalue weighted by atomic mass is 10.0. The zero-order chi connectivity index (χ0) is 27.7. The van der Waals surface area contributed by atoms with Crippen molar-refractivity contribution >= 4 is 48.7 Å². The Labute approximate surface area is 240 Å². The van der Waals surface area contributed by atoms with Gasteiger partial charge >= 0.3 is 0 Å². The Kier molecular flexibility index (Phi) is 14.5. The molecule has 12 heteroatoms. The highest BCUT2D eigenvalue weighted by molar-refractivity contribution is 9.10. The third-order valence-electron chi connectivity index (χ3n) is 5.72. The van der Waals surface area contributed by atoms with E-state index >= 15 is 0 Å². The second kappa shape index (κ2) is 18.1. The largest absolute Gasteiger partial charge is 0.471 e. The van der Waals surface area contributed by atoms with E-state index in [1.165, 1.54) is 7.11 Å². The summed E-state index contributed by atoms with van der Waals surface area (Å²) in [5.41, 5.74) is 3.53. The van der Waals surface area contributed by atoms with Crippen molar-refractivity contribution < 1.29 is 23.5 Å². The van der Waals surface area contributed by atoms with Crippen LogP contribution in [0.4, 0.5) is 5.69 Å². The van der Waals surface area contributed by atoms with Gasteiger partial charge in [0, 0.05) is 42.4 Å². The molecule has 4 heterocycles. The number of benzene rings is 1. The number of morpholine rings is 2. The van der Waals surface area contributed by atoms with Crippen LogP contribution in [0.15, 0.2) is 57.1 Å². The molecule has 3 aliphatic rings. The quantitative estimate of drug-likeness (QED) is 0.379. The Bertz CT molecular complexity index is 1050. The number of fused-ring (bicyclic) bond motifs is 1. The Morgan fingerprint density at radius 1 is 1.15 bits per heavy atom. The van der Waals surface area contributed by atoms with Gasteiger partial charge in [-0.05, 0) is 36.8 Å². The minimum atomic E-state index is -0.128. The maximum Gasteiger partial charge on any atom is 0.292 e. The Morgan fingerprint density at radius 3 is 2.49 bits per heavy atom. The Balaban J connectivity index is 0.000000355. The second-order valence-electron chi connectivity index (χ2n) is 8.60. The van der Waals surface area contributed by atoms with E-state index in [1.54, 1.807) is 6.20 Å². The number of aliphatic imine (C=N–C) groups is 2. The van der Waals surface area contributed by atoms with Crippen molar-refractivity contribution in [3.8, 4) is 0 Å². The molecular formula is C27H37BrN5O5P. The average Bonchev–Trinajstić information content (AvgIpc) is 3.15. The first-order chi connectivity index (χ1) is 19.2. The number of pyridine rings is 1. The molecule has 1 unspecified atom stereocenters. The SMILES string of the molecule is C1COCCN1.CCC[C@@H]1N=C(c2ccccn2)c2cc(Br)ccc2N=C1OPN1CCOCC1.COC=O. The van der Waals surface area contributed by atoms with Crippen molar-refractivity contribution in [3.63, 3.8) is 0 Å². The summed E-state index contributed by atoms with van der Waals surface area (Å²) in [6.45, 7) is 9.64. The first kappa shape index (κ1) is 31.3.